The number of nitrogens with one attached hydrogen (secondary N) is 1. The van der Waals surface area contributed by atoms with Crippen LogP contribution in [0.15, 0.2) is 30.5 Å². The highest BCUT2D eigenvalue weighted by Crippen LogP contribution is 2.20. The van der Waals surface area contributed by atoms with Gasteiger partial charge < -0.3 is 15.0 Å². The van der Waals surface area contributed by atoms with Gasteiger partial charge in [0.1, 0.15) is 6.04 Å². The van der Waals surface area contributed by atoms with Gasteiger partial charge in [0.05, 0.1) is 0 Å². The first kappa shape index (κ1) is 13.1. The van der Waals surface area contributed by atoms with Gasteiger partial charge in [-0.25, -0.2) is 4.79 Å². The molecule has 0 unspecified atom stereocenters. The zero-order chi connectivity index (χ0) is 14.0. The summed E-state index contributed by atoms with van der Waals surface area (Å²) in [4.78, 5) is 27.0. The summed E-state index contributed by atoms with van der Waals surface area (Å²) in [6.45, 7) is 1.37. The lowest BCUT2D eigenvalue weighted by atomic mass is 10.0. The minimum Gasteiger partial charge on any atom is -0.480 e. The summed E-state index contributed by atoms with van der Waals surface area (Å²) in [6, 6.07) is 6.84. The minimum absolute atomic E-state index is 0.257. The standard InChI is InChI=1S/C14H16N2O3/c1-9(17)16(2)13(14(18)19)7-10-8-15-12-6-4-3-5-11(10)12/h3-6,8,13,15H,7H2,1-2H3,(H,18,19)/t13-/m0/s1. The first-order valence-electron chi connectivity index (χ1n) is 6.02. The Balaban J connectivity index is 2.31. The van der Waals surface area contributed by atoms with Crippen LogP contribution in [0.2, 0.25) is 0 Å². The molecule has 2 aromatic rings. The molecular weight excluding hydrogens is 244 g/mol. The molecule has 0 saturated heterocycles. The van der Waals surface area contributed by atoms with Gasteiger partial charge in [-0.3, -0.25) is 4.79 Å². The second-order valence-corrected chi connectivity index (χ2v) is 4.55. The fourth-order valence-corrected chi connectivity index (χ4v) is 2.12. The molecule has 5 heteroatoms. The predicted octanol–water partition coefficient (Wildman–Crippen LogP) is 1.64. The SMILES string of the molecule is CC(=O)N(C)[C@@H](Cc1c[nH]c2ccccc12)C(=O)O. The Morgan fingerprint density at radius 2 is 2.05 bits per heavy atom. The monoisotopic (exact) mass is 260 g/mol. The molecule has 1 aromatic carbocycles. The van der Waals surface area contributed by atoms with Crippen molar-refractivity contribution in [3.63, 3.8) is 0 Å². The lowest BCUT2D eigenvalue weighted by Crippen LogP contribution is -2.42. The van der Waals surface area contributed by atoms with Gasteiger partial charge in [-0.1, -0.05) is 18.2 Å². The number of aromatic nitrogens is 1. The lowest BCUT2D eigenvalue weighted by Gasteiger charge is -2.23. The summed E-state index contributed by atoms with van der Waals surface area (Å²) in [5.41, 5.74) is 1.86. The molecule has 2 rings (SSSR count). The topological polar surface area (TPSA) is 73.4 Å². The molecule has 0 bridgehead atoms. The number of nitrogens with zero attached hydrogens (tertiary/aromatic N) is 1. The van der Waals surface area contributed by atoms with Gasteiger partial charge in [-0.05, 0) is 11.6 Å². The number of benzene rings is 1. The number of para-hydroxylation sites is 1. The molecular formula is C14H16N2O3. The number of hydrogen-bond donors (Lipinski definition) is 2. The van der Waals surface area contributed by atoms with Crippen molar-refractivity contribution < 1.29 is 14.7 Å². The molecule has 0 aliphatic carbocycles. The van der Waals surface area contributed by atoms with Crippen LogP contribution in [0, 0.1) is 0 Å². The van der Waals surface area contributed by atoms with E-state index in [0.717, 1.165) is 16.5 Å². The number of aromatic amines is 1. The molecule has 1 atom stereocenters. The number of amides is 1. The van der Waals surface area contributed by atoms with E-state index in [0.29, 0.717) is 0 Å². The molecule has 0 radical (unpaired) electrons. The van der Waals surface area contributed by atoms with Crippen LogP contribution in [0.3, 0.4) is 0 Å². The van der Waals surface area contributed by atoms with Crippen molar-refractivity contribution >= 4 is 22.8 Å². The van der Waals surface area contributed by atoms with Crippen LogP contribution in [-0.2, 0) is 16.0 Å². The highest BCUT2D eigenvalue weighted by Gasteiger charge is 2.25. The number of H-pyrrole nitrogens is 1. The van der Waals surface area contributed by atoms with Gasteiger partial charge >= 0.3 is 5.97 Å². The Labute approximate surface area is 110 Å². The van der Waals surface area contributed by atoms with Gasteiger partial charge in [-0.15, -0.1) is 0 Å². The highest BCUT2D eigenvalue weighted by atomic mass is 16.4. The number of aliphatic carboxylic acids is 1. The van der Waals surface area contributed by atoms with Crippen LogP contribution in [0.25, 0.3) is 10.9 Å². The van der Waals surface area contributed by atoms with Crippen molar-refractivity contribution in [3.05, 3.63) is 36.0 Å². The van der Waals surface area contributed by atoms with Gasteiger partial charge in [0, 0.05) is 37.5 Å². The first-order chi connectivity index (χ1) is 9.00. The largest absolute Gasteiger partial charge is 0.480 e. The van der Waals surface area contributed by atoms with Crippen molar-refractivity contribution in [3.8, 4) is 0 Å². The van der Waals surface area contributed by atoms with Crippen LogP contribution < -0.4 is 0 Å². The maximum Gasteiger partial charge on any atom is 0.326 e. The average Bonchev–Trinajstić information content (AvgIpc) is 2.78. The van der Waals surface area contributed by atoms with Crippen molar-refractivity contribution in [1.29, 1.82) is 0 Å². The summed E-state index contributed by atoms with van der Waals surface area (Å²) >= 11 is 0. The number of likely N-dealkylation sites (N-methyl/N-ethyl adjacent to an activating group) is 1. The third kappa shape index (κ3) is 2.59. The summed E-state index contributed by atoms with van der Waals surface area (Å²) in [7, 11) is 1.51. The fourth-order valence-electron chi connectivity index (χ4n) is 2.12. The Kier molecular flexibility index (Phi) is 3.55. The number of fused-ring (bicyclic) bond motifs is 1. The Hall–Kier alpha value is -2.30. The molecule has 0 aliphatic heterocycles. The van der Waals surface area contributed by atoms with E-state index in [1.165, 1.54) is 18.9 Å². The summed E-state index contributed by atoms with van der Waals surface area (Å²) in [5.74, 6) is -1.25. The van der Waals surface area contributed by atoms with E-state index in [1.807, 2.05) is 24.3 Å². The van der Waals surface area contributed by atoms with E-state index >= 15 is 0 Å². The number of carbonyl (C=O) groups is 2. The van der Waals surface area contributed by atoms with E-state index in [9.17, 15) is 14.7 Å². The van der Waals surface area contributed by atoms with Crippen LogP contribution in [0.4, 0.5) is 0 Å². The number of hydrogen-bond acceptors (Lipinski definition) is 2. The van der Waals surface area contributed by atoms with E-state index in [-0.39, 0.29) is 12.3 Å². The number of rotatable bonds is 4. The Bertz CT molecular complexity index is 618. The Morgan fingerprint density at radius 1 is 1.37 bits per heavy atom. The molecule has 0 aliphatic rings. The van der Waals surface area contributed by atoms with E-state index in [1.54, 1.807) is 6.20 Å². The number of carboxylic acid groups (broad SMARTS) is 1. The predicted molar refractivity (Wildman–Crippen MR) is 71.9 cm³/mol. The van der Waals surface area contributed by atoms with Crippen molar-refractivity contribution in [1.82, 2.24) is 9.88 Å². The van der Waals surface area contributed by atoms with Gasteiger partial charge in [0.2, 0.25) is 5.91 Å². The van der Waals surface area contributed by atoms with Crippen LogP contribution in [0.5, 0.6) is 0 Å². The zero-order valence-electron chi connectivity index (χ0n) is 10.9. The van der Waals surface area contributed by atoms with Crippen molar-refractivity contribution in [2.45, 2.75) is 19.4 Å². The number of carbonyl (C=O) groups excluding carboxylic acids is 1. The summed E-state index contributed by atoms with van der Waals surface area (Å²) in [6.07, 6.45) is 2.09. The van der Waals surface area contributed by atoms with Crippen LogP contribution >= 0.6 is 0 Å². The second-order valence-electron chi connectivity index (χ2n) is 4.55. The quantitative estimate of drug-likeness (QED) is 0.877. The highest BCUT2D eigenvalue weighted by molar-refractivity contribution is 5.86. The van der Waals surface area contributed by atoms with Gasteiger partial charge in [0.25, 0.3) is 0 Å². The molecule has 2 N–H and O–H groups in total. The molecule has 0 spiro atoms. The van der Waals surface area contributed by atoms with E-state index < -0.39 is 12.0 Å². The maximum absolute atomic E-state index is 11.3. The molecule has 1 amide bonds. The smallest absolute Gasteiger partial charge is 0.326 e. The van der Waals surface area contributed by atoms with Crippen LogP contribution in [0.1, 0.15) is 12.5 Å². The second kappa shape index (κ2) is 5.14. The van der Waals surface area contributed by atoms with Gasteiger partial charge in [0.15, 0.2) is 0 Å². The van der Waals surface area contributed by atoms with Crippen molar-refractivity contribution in [2.75, 3.05) is 7.05 Å². The minimum atomic E-state index is -0.997. The zero-order valence-corrected chi connectivity index (χ0v) is 10.9. The molecule has 0 saturated carbocycles. The average molecular weight is 260 g/mol. The van der Waals surface area contributed by atoms with E-state index in [2.05, 4.69) is 4.98 Å². The van der Waals surface area contributed by atoms with Gasteiger partial charge in [-0.2, -0.15) is 0 Å². The molecule has 1 heterocycles. The van der Waals surface area contributed by atoms with Crippen LogP contribution in [-0.4, -0.2) is 40.0 Å². The fraction of sp³-hybridized carbons (Fsp3) is 0.286. The van der Waals surface area contributed by atoms with E-state index in [4.69, 9.17) is 0 Å². The first-order valence-corrected chi connectivity index (χ1v) is 6.02. The summed E-state index contributed by atoms with van der Waals surface area (Å²) in [5, 5.41) is 10.3. The molecule has 5 nitrogen and oxygen atoms in total. The number of carboxylic acids is 1. The third-order valence-electron chi connectivity index (χ3n) is 3.34. The van der Waals surface area contributed by atoms with Crippen molar-refractivity contribution in [2.24, 2.45) is 0 Å². The molecule has 19 heavy (non-hydrogen) atoms. The Morgan fingerprint density at radius 3 is 2.68 bits per heavy atom. The molecule has 1 aromatic heterocycles. The molecule has 0 fully saturated rings. The summed E-state index contributed by atoms with van der Waals surface area (Å²) < 4.78 is 0. The molecule has 100 valence electrons. The normalized spacial score (nSPS) is 12.3. The maximum atomic E-state index is 11.3. The third-order valence-corrected chi connectivity index (χ3v) is 3.34. The lowest BCUT2D eigenvalue weighted by molar-refractivity contribution is -0.148.